The first-order chi connectivity index (χ1) is 12.3. The van der Waals surface area contributed by atoms with Gasteiger partial charge < -0.3 is 4.90 Å². The van der Waals surface area contributed by atoms with Crippen LogP contribution in [0.5, 0.6) is 0 Å². The minimum absolute atomic E-state index is 0.171. The van der Waals surface area contributed by atoms with E-state index in [-0.39, 0.29) is 43.4 Å². The Hall–Kier alpha value is -2.32. The summed E-state index contributed by atoms with van der Waals surface area (Å²) < 4.78 is 52.5. The van der Waals surface area contributed by atoms with Crippen LogP contribution in [-0.4, -0.2) is 49.7 Å². The number of halogens is 2. The van der Waals surface area contributed by atoms with Crippen molar-refractivity contribution in [2.24, 2.45) is 0 Å². The average molecular weight is 380 g/mol. The molecule has 0 aliphatic carbocycles. The highest BCUT2D eigenvalue weighted by atomic mass is 32.2. The molecule has 2 aromatic rings. The van der Waals surface area contributed by atoms with Crippen LogP contribution in [0.2, 0.25) is 0 Å². The number of carbonyl (C=O) groups is 1. The molecule has 0 aromatic heterocycles. The third-order valence-corrected chi connectivity index (χ3v) is 6.10. The molecule has 0 bridgehead atoms. The van der Waals surface area contributed by atoms with Crippen LogP contribution in [0.15, 0.2) is 48.5 Å². The quantitative estimate of drug-likeness (QED) is 0.818. The SMILES string of the molecule is O=C(c1cccc(F)c1)N1CCN(S(=O)(=O)Cc2ccc(F)cc2)CC1. The number of nitrogens with zero attached hydrogens (tertiary/aromatic N) is 2. The third-order valence-electron chi connectivity index (χ3n) is 4.25. The van der Waals surface area contributed by atoms with Gasteiger partial charge in [-0.3, -0.25) is 4.79 Å². The Morgan fingerprint density at radius 1 is 0.923 bits per heavy atom. The van der Waals surface area contributed by atoms with E-state index < -0.39 is 21.7 Å². The van der Waals surface area contributed by atoms with Crippen molar-refractivity contribution in [3.8, 4) is 0 Å². The van der Waals surface area contributed by atoms with Crippen molar-refractivity contribution >= 4 is 15.9 Å². The normalized spacial score (nSPS) is 15.8. The van der Waals surface area contributed by atoms with Gasteiger partial charge in [0.25, 0.3) is 5.91 Å². The molecule has 0 N–H and O–H groups in total. The molecule has 1 aliphatic rings. The first-order valence-electron chi connectivity index (χ1n) is 8.12. The van der Waals surface area contributed by atoms with Crippen molar-refractivity contribution in [2.45, 2.75) is 5.75 Å². The van der Waals surface area contributed by atoms with Crippen molar-refractivity contribution in [3.63, 3.8) is 0 Å². The van der Waals surface area contributed by atoms with Gasteiger partial charge in [-0.05, 0) is 35.9 Å². The van der Waals surface area contributed by atoms with Crippen LogP contribution in [0.1, 0.15) is 15.9 Å². The summed E-state index contributed by atoms with van der Waals surface area (Å²) in [6, 6.07) is 10.7. The molecule has 2 aromatic carbocycles. The van der Waals surface area contributed by atoms with Crippen LogP contribution in [0, 0.1) is 11.6 Å². The summed E-state index contributed by atoms with van der Waals surface area (Å²) in [5.41, 5.74) is 0.747. The topological polar surface area (TPSA) is 57.7 Å². The monoisotopic (exact) mass is 380 g/mol. The molecule has 1 saturated heterocycles. The van der Waals surface area contributed by atoms with Crippen LogP contribution >= 0.6 is 0 Å². The Balaban J connectivity index is 1.62. The van der Waals surface area contributed by atoms with Gasteiger partial charge in [0.15, 0.2) is 0 Å². The van der Waals surface area contributed by atoms with E-state index >= 15 is 0 Å². The molecule has 0 unspecified atom stereocenters. The molecule has 8 heteroatoms. The maximum absolute atomic E-state index is 13.3. The lowest BCUT2D eigenvalue weighted by atomic mass is 10.2. The number of rotatable bonds is 4. The molecule has 3 rings (SSSR count). The lowest BCUT2D eigenvalue weighted by molar-refractivity contribution is 0.0697. The van der Waals surface area contributed by atoms with Gasteiger partial charge in [-0.15, -0.1) is 0 Å². The largest absolute Gasteiger partial charge is 0.336 e. The fourth-order valence-corrected chi connectivity index (χ4v) is 4.37. The second kappa shape index (κ2) is 7.51. The van der Waals surface area contributed by atoms with Crippen molar-refractivity contribution in [1.82, 2.24) is 9.21 Å². The lowest BCUT2D eigenvalue weighted by Crippen LogP contribution is -2.50. The summed E-state index contributed by atoms with van der Waals surface area (Å²) in [4.78, 5) is 13.9. The lowest BCUT2D eigenvalue weighted by Gasteiger charge is -2.34. The predicted molar refractivity (Wildman–Crippen MR) is 92.9 cm³/mol. The molecule has 1 aliphatic heterocycles. The summed E-state index contributed by atoms with van der Waals surface area (Å²) >= 11 is 0. The fraction of sp³-hybridized carbons (Fsp3) is 0.278. The Morgan fingerprint density at radius 2 is 1.58 bits per heavy atom. The van der Waals surface area contributed by atoms with Crippen molar-refractivity contribution in [3.05, 3.63) is 71.3 Å². The Kier molecular flexibility index (Phi) is 5.33. The zero-order chi connectivity index (χ0) is 18.7. The van der Waals surface area contributed by atoms with Crippen molar-refractivity contribution in [2.75, 3.05) is 26.2 Å². The molecule has 1 amide bonds. The number of hydrogen-bond donors (Lipinski definition) is 0. The average Bonchev–Trinajstić information content (AvgIpc) is 2.63. The second-order valence-corrected chi connectivity index (χ2v) is 8.05. The van der Waals surface area contributed by atoms with E-state index in [1.807, 2.05) is 0 Å². The predicted octanol–water partition coefficient (Wildman–Crippen LogP) is 2.25. The molecule has 26 heavy (non-hydrogen) atoms. The summed E-state index contributed by atoms with van der Waals surface area (Å²) in [5, 5.41) is 0. The Morgan fingerprint density at radius 3 is 2.19 bits per heavy atom. The first-order valence-corrected chi connectivity index (χ1v) is 9.73. The smallest absolute Gasteiger partial charge is 0.254 e. The molecule has 1 fully saturated rings. The van der Waals surface area contributed by atoms with E-state index in [0.29, 0.717) is 5.56 Å². The highest BCUT2D eigenvalue weighted by molar-refractivity contribution is 7.88. The fourth-order valence-electron chi connectivity index (χ4n) is 2.86. The molecule has 0 saturated carbocycles. The number of amides is 1. The Bertz CT molecular complexity index is 893. The maximum atomic E-state index is 13.3. The van der Waals surface area contributed by atoms with Gasteiger partial charge in [-0.1, -0.05) is 18.2 Å². The van der Waals surface area contributed by atoms with Gasteiger partial charge in [0.1, 0.15) is 11.6 Å². The number of hydrogen-bond acceptors (Lipinski definition) is 3. The molecular formula is C18H18F2N2O3S. The van der Waals surface area contributed by atoms with Gasteiger partial charge in [0.2, 0.25) is 10.0 Å². The molecule has 0 atom stereocenters. The van der Waals surface area contributed by atoms with E-state index in [1.165, 1.54) is 57.7 Å². The molecule has 0 spiro atoms. The van der Waals surface area contributed by atoms with Crippen LogP contribution < -0.4 is 0 Å². The number of benzene rings is 2. The van der Waals surface area contributed by atoms with Gasteiger partial charge in [0.05, 0.1) is 5.75 Å². The summed E-state index contributed by atoms with van der Waals surface area (Å²) in [6.07, 6.45) is 0. The highest BCUT2D eigenvalue weighted by Gasteiger charge is 2.29. The second-order valence-electron chi connectivity index (χ2n) is 6.08. The molecule has 1 heterocycles. The summed E-state index contributed by atoms with van der Waals surface area (Å²) in [5.74, 6) is -1.45. The number of piperazine rings is 1. The first kappa shape index (κ1) is 18.5. The highest BCUT2D eigenvalue weighted by Crippen LogP contribution is 2.16. The van der Waals surface area contributed by atoms with Crippen molar-refractivity contribution < 1.29 is 22.0 Å². The van der Waals surface area contributed by atoms with Crippen LogP contribution in [0.3, 0.4) is 0 Å². The third kappa shape index (κ3) is 4.25. The van der Waals surface area contributed by atoms with Gasteiger partial charge in [0, 0.05) is 31.7 Å². The molecule has 0 radical (unpaired) electrons. The van der Waals surface area contributed by atoms with E-state index in [0.717, 1.165) is 0 Å². The van der Waals surface area contributed by atoms with E-state index in [1.54, 1.807) is 0 Å². The summed E-state index contributed by atoms with van der Waals surface area (Å²) in [6.45, 7) is 0.811. The molecule has 138 valence electrons. The van der Waals surface area contributed by atoms with Crippen LogP contribution in [0.25, 0.3) is 0 Å². The minimum Gasteiger partial charge on any atom is -0.336 e. The standard InChI is InChI=1S/C18H18F2N2O3S/c19-16-6-4-14(5-7-16)13-26(24,25)22-10-8-21(9-11-22)18(23)15-2-1-3-17(20)12-15/h1-7,12H,8-11,13H2. The molecular weight excluding hydrogens is 362 g/mol. The van der Waals surface area contributed by atoms with Gasteiger partial charge in [-0.2, -0.15) is 4.31 Å². The summed E-state index contributed by atoms with van der Waals surface area (Å²) in [7, 11) is -3.56. The van der Waals surface area contributed by atoms with Crippen LogP contribution in [0.4, 0.5) is 8.78 Å². The van der Waals surface area contributed by atoms with Gasteiger partial charge in [-0.25, -0.2) is 17.2 Å². The Labute approximate surface area is 150 Å². The van der Waals surface area contributed by atoms with Gasteiger partial charge >= 0.3 is 0 Å². The van der Waals surface area contributed by atoms with E-state index in [9.17, 15) is 22.0 Å². The molecule has 5 nitrogen and oxygen atoms in total. The zero-order valence-electron chi connectivity index (χ0n) is 13.9. The number of sulfonamides is 1. The van der Waals surface area contributed by atoms with E-state index in [4.69, 9.17) is 0 Å². The zero-order valence-corrected chi connectivity index (χ0v) is 14.8. The number of carbonyl (C=O) groups excluding carboxylic acids is 1. The minimum atomic E-state index is -3.56. The van der Waals surface area contributed by atoms with Crippen molar-refractivity contribution in [1.29, 1.82) is 0 Å². The van der Waals surface area contributed by atoms with E-state index in [2.05, 4.69) is 0 Å². The van der Waals surface area contributed by atoms with Crippen LogP contribution in [-0.2, 0) is 15.8 Å². The maximum Gasteiger partial charge on any atom is 0.254 e.